The van der Waals surface area contributed by atoms with Gasteiger partial charge in [-0.3, -0.25) is 9.59 Å². The molecule has 120 valence electrons. The van der Waals surface area contributed by atoms with Gasteiger partial charge in [-0.05, 0) is 38.2 Å². The second kappa shape index (κ2) is 5.03. The average molecular weight is 331 g/mol. The number of hydrogen-bond donors (Lipinski definition) is 0. The molecular formula is C17H17NO4S. The molecule has 23 heavy (non-hydrogen) atoms. The van der Waals surface area contributed by atoms with Crippen LogP contribution in [0.3, 0.4) is 0 Å². The summed E-state index contributed by atoms with van der Waals surface area (Å²) in [7, 11) is 0. The molecule has 2 heterocycles. The number of nitrogens with zero attached hydrogens (tertiary/aromatic N) is 1. The van der Waals surface area contributed by atoms with Gasteiger partial charge in [-0.2, -0.15) is 0 Å². The van der Waals surface area contributed by atoms with Crippen LogP contribution in [-0.2, 0) is 14.3 Å². The van der Waals surface area contributed by atoms with Crippen molar-refractivity contribution < 1.29 is 19.1 Å². The first kappa shape index (κ1) is 14.6. The molecule has 3 aliphatic rings. The van der Waals surface area contributed by atoms with Gasteiger partial charge >= 0.3 is 5.97 Å². The predicted octanol–water partition coefficient (Wildman–Crippen LogP) is 2.54. The Bertz CT molecular complexity index is 720. The van der Waals surface area contributed by atoms with Gasteiger partial charge in [-0.25, -0.2) is 9.69 Å². The topological polar surface area (TPSA) is 63.7 Å². The highest BCUT2D eigenvalue weighted by molar-refractivity contribution is 7.17. The fraction of sp³-hybridized carbons (Fsp3) is 0.471. The number of carbonyl (C=O) groups excluding carboxylic acids is 3. The molecule has 2 amide bonds. The molecule has 0 spiro atoms. The number of carbonyl (C=O) groups is 3. The first-order valence-electron chi connectivity index (χ1n) is 7.86. The van der Waals surface area contributed by atoms with E-state index in [1.807, 2.05) is 6.92 Å². The third-order valence-electron chi connectivity index (χ3n) is 5.00. The number of aryl methyl sites for hydroxylation is 1. The minimum atomic E-state index is -0.481. The summed E-state index contributed by atoms with van der Waals surface area (Å²) in [6.45, 7) is 3.85. The van der Waals surface area contributed by atoms with Crippen LogP contribution in [-0.4, -0.2) is 24.4 Å². The number of esters is 1. The van der Waals surface area contributed by atoms with E-state index >= 15 is 0 Å². The van der Waals surface area contributed by atoms with E-state index in [9.17, 15) is 14.4 Å². The normalized spacial score (nSPS) is 31.1. The maximum Gasteiger partial charge on any atom is 0.341 e. The summed E-state index contributed by atoms with van der Waals surface area (Å²) in [4.78, 5) is 40.0. The number of thiophene rings is 1. The molecule has 2 bridgehead atoms. The zero-order valence-electron chi connectivity index (χ0n) is 12.9. The van der Waals surface area contributed by atoms with Gasteiger partial charge in [0.2, 0.25) is 11.8 Å². The predicted molar refractivity (Wildman–Crippen MR) is 85.2 cm³/mol. The zero-order valence-corrected chi connectivity index (χ0v) is 13.8. The number of amides is 2. The first-order valence-corrected chi connectivity index (χ1v) is 8.68. The van der Waals surface area contributed by atoms with Gasteiger partial charge in [0, 0.05) is 4.88 Å². The van der Waals surface area contributed by atoms with E-state index in [1.165, 1.54) is 16.2 Å². The van der Waals surface area contributed by atoms with E-state index in [4.69, 9.17) is 4.74 Å². The van der Waals surface area contributed by atoms with Crippen molar-refractivity contribution in [1.82, 2.24) is 0 Å². The van der Waals surface area contributed by atoms with Crippen LogP contribution in [0.2, 0.25) is 0 Å². The molecule has 1 saturated heterocycles. The van der Waals surface area contributed by atoms with Crippen LogP contribution in [0.5, 0.6) is 0 Å². The summed E-state index contributed by atoms with van der Waals surface area (Å²) in [6.07, 6.45) is 5.02. The smallest absolute Gasteiger partial charge is 0.341 e. The molecule has 6 heteroatoms. The third-order valence-corrected chi connectivity index (χ3v) is 6.04. The first-order chi connectivity index (χ1) is 11.0. The molecule has 2 fully saturated rings. The van der Waals surface area contributed by atoms with Crippen LogP contribution in [0.25, 0.3) is 0 Å². The van der Waals surface area contributed by atoms with Gasteiger partial charge in [0.1, 0.15) is 5.00 Å². The molecule has 2 aliphatic carbocycles. The lowest BCUT2D eigenvalue weighted by Crippen LogP contribution is -2.33. The summed E-state index contributed by atoms with van der Waals surface area (Å²) in [6, 6.07) is 1.69. The van der Waals surface area contributed by atoms with Crippen molar-refractivity contribution >= 4 is 34.1 Å². The molecule has 1 aromatic rings. The molecule has 1 aromatic heterocycles. The Morgan fingerprint density at radius 3 is 2.43 bits per heavy atom. The Morgan fingerprint density at radius 2 is 1.87 bits per heavy atom. The molecule has 4 atom stereocenters. The monoisotopic (exact) mass is 331 g/mol. The van der Waals surface area contributed by atoms with Crippen molar-refractivity contribution in [3.05, 3.63) is 28.7 Å². The van der Waals surface area contributed by atoms with E-state index in [2.05, 4.69) is 12.2 Å². The van der Waals surface area contributed by atoms with Crippen molar-refractivity contribution in [2.75, 3.05) is 11.5 Å². The zero-order chi connectivity index (χ0) is 16.3. The van der Waals surface area contributed by atoms with E-state index in [-0.39, 0.29) is 42.1 Å². The average Bonchev–Trinajstić information content (AvgIpc) is 3.23. The molecule has 1 aliphatic heterocycles. The van der Waals surface area contributed by atoms with Gasteiger partial charge in [-0.1, -0.05) is 12.2 Å². The Balaban J connectivity index is 1.74. The summed E-state index contributed by atoms with van der Waals surface area (Å²) in [5.74, 6) is -0.985. The van der Waals surface area contributed by atoms with Crippen LogP contribution in [0.15, 0.2) is 18.2 Å². The lowest BCUT2D eigenvalue weighted by Gasteiger charge is -2.16. The van der Waals surface area contributed by atoms with Crippen LogP contribution < -0.4 is 4.90 Å². The third kappa shape index (κ3) is 1.94. The van der Waals surface area contributed by atoms with Gasteiger partial charge < -0.3 is 4.74 Å². The van der Waals surface area contributed by atoms with Crippen LogP contribution in [0, 0.1) is 30.6 Å². The van der Waals surface area contributed by atoms with E-state index in [0.29, 0.717) is 10.6 Å². The van der Waals surface area contributed by atoms with Gasteiger partial charge in [0.15, 0.2) is 0 Å². The van der Waals surface area contributed by atoms with E-state index in [0.717, 1.165) is 11.3 Å². The van der Waals surface area contributed by atoms with Gasteiger partial charge in [0.25, 0.3) is 0 Å². The molecule has 4 rings (SSSR count). The van der Waals surface area contributed by atoms with Crippen LogP contribution >= 0.6 is 11.3 Å². The van der Waals surface area contributed by atoms with Crippen molar-refractivity contribution in [2.24, 2.45) is 23.7 Å². The van der Waals surface area contributed by atoms with Crippen molar-refractivity contribution in [3.63, 3.8) is 0 Å². The van der Waals surface area contributed by atoms with Gasteiger partial charge in [-0.15, -0.1) is 11.3 Å². The quantitative estimate of drug-likeness (QED) is 0.485. The molecular weight excluding hydrogens is 314 g/mol. The van der Waals surface area contributed by atoms with Crippen LogP contribution in [0.1, 0.15) is 28.6 Å². The van der Waals surface area contributed by atoms with Crippen LogP contribution in [0.4, 0.5) is 5.00 Å². The number of allylic oxidation sites excluding steroid dienone is 2. The summed E-state index contributed by atoms with van der Waals surface area (Å²) < 4.78 is 5.07. The summed E-state index contributed by atoms with van der Waals surface area (Å²) in [5.41, 5.74) is 0.316. The molecule has 0 N–H and O–H groups in total. The Morgan fingerprint density at radius 1 is 1.26 bits per heavy atom. The lowest BCUT2D eigenvalue weighted by molar-refractivity contribution is -0.123. The number of rotatable bonds is 3. The van der Waals surface area contributed by atoms with Crippen molar-refractivity contribution in [2.45, 2.75) is 20.3 Å². The Kier molecular flexibility index (Phi) is 3.20. The highest BCUT2D eigenvalue weighted by Crippen LogP contribution is 2.54. The molecule has 5 nitrogen and oxygen atoms in total. The maximum atomic E-state index is 12.9. The fourth-order valence-corrected chi connectivity index (χ4v) is 5.13. The highest BCUT2D eigenvalue weighted by atomic mass is 32.1. The minimum absolute atomic E-state index is 0.163. The summed E-state index contributed by atoms with van der Waals surface area (Å²) in [5, 5.41) is 0.421. The highest BCUT2D eigenvalue weighted by Gasteiger charge is 2.60. The largest absolute Gasteiger partial charge is 0.462 e. The fourth-order valence-electron chi connectivity index (χ4n) is 4.13. The number of anilines is 1. The minimum Gasteiger partial charge on any atom is -0.462 e. The van der Waals surface area contributed by atoms with Crippen molar-refractivity contribution in [3.8, 4) is 0 Å². The molecule has 0 aromatic carbocycles. The van der Waals surface area contributed by atoms with Crippen molar-refractivity contribution in [1.29, 1.82) is 0 Å². The van der Waals surface area contributed by atoms with E-state index < -0.39 is 5.97 Å². The molecule has 0 radical (unpaired) electrons. The Labute approximate surface area is 137 Å². The van der Waals surface area contributed by atoms with Gasteiger partial charge in [0.05, 0.1) is 24.0 Å². The second-order valence-electron chi connectivity index (χ2n) is 6.31. The molecule has 1 saturated carbocycles. The number of imide groups is 1. The van der Waals surface area contributed by atoms with E-state index in [1.54, 1.807) is 13.0 Å². The summed E-state index contributed by atoms with van der Waals surface area (Å²) >= 11 is 1.30. The standard InChI is InChI=1S/C17H17NO4S/c1-3-22-17(21)11-6-8(2)23-16(11)18-14(19)12-9-4-5-10(7-9)13(12)15(18)20/h4-6,9-10,12-13H,3,7H2,1-2H3/t9-,10+,12-,13-/m0/s1. The lowest BCUT2D eigenvalue weighted by atomic mass is 9.85. The number of hydrogen-bond acceptors (Lipinski definition) is 5. The SMILES string of the molecule is CCOC(=O)c1cc(C)sc1N1C(=O)[C@@H]2[C@@H](C1=O)[C@H]1C=C[C@@H]2C1. The maximum absolute atomic E-state index is 12.9. The second-order valence-corrected chi connectivity index (χ2v) is 7.54. The number of fused-ring (bicyclic) bond motifs is 5. The number of ether oxygens (including phenoxy) is 1. The Hall–Kier alpha value is -1.95. The molecule has 0 unspecified atom stereocenters.